The van der Waals surface area contributed by atoms with Crippen molar-refractivity contribution in [1.82, 2.24) is 0 Å². The van der Waals surface area contributed by atoms with Crippen LogP contribution in [0.2, 0.25) is 0 Å². The molecule has 4 unspecified atom stereocenters. The van der Waals surface area contributed by atoms with Crippen molar-refractivity contribution in [3.63, 3.8) is 0 Å². The van der Waals surface area contributed by atoms with E-state index < -0.39 is 36.6 Å². The lowest BCUT2D eigenvalue weighted by molar-refractivity contribution is -0.271. The molecule has 0 radical (unpaired) electrons. The molecular weight excluding hydrogens is 542 g/mol. The van der Waals surface area contributed by atoms with Gasteiger partial charge >= 0.3 is 0 Å². The molecule has 2 aliphatic heterocycles. The summed E-state index contributed by atoms with van der Waals surface area (Å²) in [6.07, 6.45) is -2.25. The van der Waals surface area contributed by atoms with Crippen molar-refractivity contribution in [3.05, 3.63) is 70.1 Å². The van der Waals surface area contributed by atoms with Crippen molar-refractivity contribution in [1.29, 1.82) is 0 Å². The summed E-state index contributed by atoms with van der Waals surface area (Å²) >= 11 is 0. The standard InChI is InChI=1S/C30H43N5O7/c1-18-19(2)27(32)30(41-25(18)16-38-13-20-5-9-22(36-3)10-6-20)42-29-24(31)15-40-26(28(29)34-35-33)17-39-14-21-7-11-23(37-4)12-8-21/h5-12,18-19,24-30H,13-17,31-32H2,1-4H3/t18-,19+,24?,25?,26?,27?,28+,29-,30+/m1/s1. The smallest absolute Gasteiger partial charge is 0.173 e. The van der Waals surface area contributed by atoms with E-state index in [0.29, 0.717) is 19.8 Å². The van der Waals surface area contributed by atoms with E-state index in [4.69, 9.17) is 44.6 Å². The van der Waals surface area contributed by atoms with Crippen molar-refractivity contribution in [2.75, 3.05) is 34.0 Å². The monoisotopic (exact) mass is 585 g/mol. The molecule has 42 heavy (non-hydrogen) atoms. The van der Waals surface area contributed by atoms with Crippen LogP contribution in [-0.2, 0) is 36.9 Å². The highest BCUT2D eigenvalue weighted by Crippen LogP contribution is 2.33. The molecule has 0 bridgehead atoms. The lowest BCUT2D eigenvalue weighted by atomic mass is 9.82. The maximum absolute atomic E-state index is 9.36. The fraction of sp³-hybridized carbons (Fsp3) is 0.600. The lowest BCUT2D eigenvalue weighted by Gasteiger charge is -2.46. The Kier molecular flexibility index (Phi) is 11.8. The van der Waals surface area contributed by atoms with Gasteiger partial charge in [-0.05, 0) is 52.8 Å². The molecule has 230 valence electrons. The highest BCUT2D eigenvalue weighted by molar-refractivity contribution is 5.27. The number of nitrogens with two attached hydrogens (primary N) is 2. The minimum Gasteiger partial charge on any atom is -0.497 e. The third kappa shape index (κ3) is 8.12. The van der Waals surface area contributed by atoms with E-state index in [2.05, 4.69) is 23.9 Å². The number of azide groups is 1. The molecule has 0 aromatic heterocycles. The van der Waals surface area contributed by atoms with Crippen LogP contribution < -0.4 is 20.9 Å². The zero-order valence-corrected chi connectivity index (χ0v) is 24.7. The van der Waals surface area contributed by atoms with Crippen molar-refractivity contribution >= 4 is 0 Å². The summed E-state index contributed by atoms with van der Waals surface area (Å²) in [6, 6.07) is 13.6. The largest absolute Gasteiger partial charge is 0.497 e. The van der Waals surface area contributed by atoms with Crippen LogP contribution in [0.15, 0.2) is 53.6 Å². The second-order valence-corrected chi connectivity index (χ2v) is 10.9. The highest BCUT2D eigenvalue weighted by atomic mass is 16.7. The van der Waals surface area contributed by atoms with Crippen molar-refractivity contribution in [3.8, 4) is 11.5 Å². The van der Waals surface area contributed by atoms with Gasteiger partial charge in [-0.2, -0.15) is 0 Å². The van der Waals surface area contributed by atoms with E-state index in [0.717, 1.165) is 22.6 Å². The Morgan fingerprint density at radius 2 is 1.40 bits per heavy atom. The molecule has 4 N–H and O–H groups in total. The first kappa shape index (κ1) is 32.0. The van der Waals surface area contributed by atoms with Gasteiger partial charge in [0.1, 0.15) is 11.5 Å². The summed E-state index contributed by atoms with van der Waals surface area (Å²) in [7, 11) is 3.26. The number of hydrogen-bond donors (Lipinski definition) is 2. The molecule has 2 heterocycles. The Labute approximate surface area is 247 Å². The van der Waals surface area contributed by atoms with Crippen LogP contribution in [0, 0.1) is 11.8 Å². The van der Waals surface area contributed by atoms with Gasteiger partial charge in [0, 0.05) is 4.91 Å². The number of rotatable bonds is 13. The Morgan fingerprint density at radius 3 is 1.93 bits per heavy atom. The number of benzene rings is 2. The zero-order valence-electron chi connectivity index (χ0n) is 24.7. The minimum absolute atomic E-state index is 0.0796. The Bertz CT molecular complexity index is 1150. The number of ether oxygens (including phenoxy) is 7. The van der Waals surface area contributed by atoms with Crippen LogP contribution >= 0.6 is 0 Å². The van der Waals surface area contributed by atoms with Crippen molar-refractivity contribution < 1.29 is 33.2 Å². The normalized spacial score (nSPS) is 31.2. The topological polar surface area (TPSA) is 165 Å². The summed E-state index contributed by atoms with van der Waals surface area (Å²) in [6.45, 7) is 5.73. The highest BCUT2D eigenvalue weighted by Gasteiger charge is 2.46. The Hall–Kier alpha value is -2.93. The van der Waals surface area contributed by atoms with Crippen LogP contribution in [0.4, 0.5) is 0 Å². The summed E-state index contributed by atoms with van der Waals surface area (Å²) in [5, 5.41) is 4.01. The van der Waals surface area contributed by atoms with Gasteiger partial charge in [-0.15, -0.1) is 0 Å². The van der Waals surface area contributed by atoms with Crippen LogP contribution in [0.5, 0.6) is 11.5 Å². The molecule has 0 spiro atoms. The molecule has 2 aromatic rings. The minimum atomic E-state index is -0.766. The average molecular weight is 586 g/mol. The molecular formula is C30H43N5O7. The third-order valence-electron chi connectivity index (χ3n) is 8.18. The van der Waals surface area contributed by atoms with Gasteiger partial charge < -0.3 is 44.6 Å². The van der Waals surface area contributed by atoms with Gasteiger partial charge in [-0.1, -0.05) is 43.2 Å². The van der Waals surface area contributed by atoms with Gasteiger partial charge in [-0.25, -0.2) is 0 Å². The quantitative estimate of drug-likeness (QED) is 0.203. The third-order valence-corrected chi connectivity index (χ3v) is 8.18. The van der Waals surface area contributed by atoms with Crippen LogP contribution in [0.3, 0.4) is 0 Å². The molecule has 2 saturated heterocycles. The fourth-order valence-corrected chi connectivity index (χ4v) is 5.24. The summed E-state index contributed by atoms with van der Waals surface area (Å²) < 4.78 is 41.1. The molecule has 0 saturated carbocycles. The Balaban J connectivity index is 1.36. The number of nitrogens with zero attached hydrogens (tertiary/aromatic N) is 3. The second kappa shape index (κ2) is 15.5. The lowest BCUT2D eigenvalue weighted by Crippen LogP contribution is -2.62. The maximum atomic E-state index is 9.36. The van der Waals surface area contributed by atoms with E-state index in [-0.39, 0.29) is 31.2 Å². The van der Waals surface area contributed by atoms with Gasteiger partial charge in [-0.3, -0.25) is 0 Å². The van der Waals surface area contributed by atoms with E-state index in [1.165, 1.54) is 0 Å². The molecule has 2 aliphatic rings. The van der Waals surface area contributed by atoms with E-state index in [1.54, 1.807) is 14.2 Å². The number of methoxy groups -OCH3 is 2. The molecule has 0 amide bonds. The number of hydrogen-bond acceptors (Lipinski definition) is 10. The first-order valence-corrected chi connectivity index (χ1v) is 14.2. The molecule has 0 aliphatic carbocycles. The predicted octanol–water partition coefficient (Wildman–Crippen LogP) is 3.55. The second-order valence-electron chi connectivity index (χ2n) is 10.9. The predicted molar refractivity (Wildman–Crippen MR) is 156 cm³/mol. The summed E-state index contributed by atoms with van der Waals surface area (Å²) in [5.74, 6) is 1.77. The van der Waals surface area contributed by atoms with Crippen LogP contribution in [-0.4, -0.2) is 76.8 Å². The van der Waals surface area contributed by atoms with Crippen LogP contribution in [0.25, 0.3) is 10.4 Å². The van der Waals surface area contributed by atoms with Crippen molar-refractivity contribution in [2.24, 2.45) is 28.4 Å². The molecule has 2 aromatic carbocycles. The molecule has 4 rings (SSSR count). The summed E-state index contributed by atoms with van der Waals surface area (Å²) in [5.41, 5.74) is 24.4. The molecule has 2 fully saturated rings. The van der Waals surface area contributed by atoms with Crippen LogP contribution in [0.1, 0.15) is 25.0 Å². The molecule has 12 heteroatoms. The van der Waals surface area contributed by atoms with Crippen molar-refractivity contribution in [2.45, 2.75) is 69.8 Å². The van der Waals surface area contributed by atoms with Gasteiger partial charge in [0.2, 0.25) is 0 Å². The first-order chi connectivity index (χ1) is 20.3. The maximum Gasteiger partial charge on any atom is 0.173 e. The van der Waals surface area contributed by atoms with Gasteiger partial charge in [0.15, 0.2) is 6.29 Å². The molecule has 9 atom stereocenters. The van der Waals surface area contributed by atoms with E-state index in [1.807, 2.05) is 48.5 Å². The Morgan fingerprint density at radius 1 is 0.857 bits per heavy atom. The van der Waals surface area contributed by atoms with Gasteiger partial charge in [0.05, 0.1) is 83.7 Å². The summed E-state index contributed by atoms with van der Waals surface area (Å²) in [4.78, 5) is 3.05. The average Bonchev–Trinajstić information content (AvgIpc) is 3.01. The molecule has 12 nitrogen and oxygen atoms in total. The van der Waals surface area contributed by atoms with Gasteiger partial charge in [0.25, 0.3) is 0 Å². The SMILES string of the molecule is COc1ccc(COCC2O[C@@H](O[C@@H]3C(N)COC(COCc4ccc(OC)cc4)[C@@H]3N=[N+]=[N-])C(N)[C@@H](C)[C@H]2C)cc1. The zero-order chi connectivity index (χ0) is 30.1. The fourth-order valence-electron chi connectivity index (χ4n) is 5.24. The first-order valence-electron chi connectivity index (χ1n) is 14.2. The van der Waals surface area contributed by atoms with E-state index >= 15 is 0 Å². The van der Waals surface area contributed by atoms with E-state index in [9.17, 15) is 5.53 Å².